The van der Waals surface area contributed by atoms with Crippen LogP contribution in [0.25, 0.3) is 0 Å². The van der Waals surface area contributed by atoms with E-state index in [-0.39, 0.29) is 0 Å². The summed E-state index contributed by atoms with van der Waals surface area (Å²) in [5.41, 5.74) is 2.84. The molecule has 3 heteroatoms. The fourth-order valence-corrected chi connectivity index (χ4v) is 2.56. The molecule has 1 heterocycles. The maximum atomic E-state index is 9.93. The van der Waals surface area contributed by atoms with Crippen molar-refractivity contribution in [1.29, 1.82) is 0 Å². The first kappa shape index (κ1) is 11.5. The largest absolute Gasteiger partial charge is 0.467 e. The highest BCUT2D eigenvalue weighted by molar-refractivity contribution is 5.33. The lowest BCUT2D eigenvalue weighted by atomic mass is 10.1. The minimum absolute atomic E-state index is 0.423. The van der Waals surface area contributed by atoms with Gasteiger partial charge in [-0.05, 0) is 36.1 Å². The molecule has 0 amide bonds. The van der Waals surface area contributed by atoms with E-state index in [0.717, 1.165) is 12.8 Å². The van der Waals surface area contributed by atoms with E-state index in [1.165, 1.54) is 11.1 Å². The number of fused-ring (bicyclic) bond motifs is 1. The molecule has 1 aliphatic rings. The molecule has 18 heavy (non-hydrogen) atoms. The first-order valence-corrected chi connectivity index (χ1v) is 6.34. The molecule has 1 aliphatic carbocycles. The van der Waals surface area contributed by atoms with Crippen molar-refractivity contribution in [2.24, 2.45) is 0 Å². The summed E-state index contributed by atoms with van der Waals surface area (Å²) in [6, 6.07) is 12.5. The van der Waals surface area contributed by atoms with Gasteiger partial charge < -0.3 is 14.8 Å². The molecule has 0 aliphatic heterocycles. The van der Waals surface area contributed by atoms with Gasteiger partial charge in [0.1, 0.15) is 11.9 Å². The van der Waals surface area contributed by atoms with Crippen LogP contribution in [0.1, 0.15) is 23.0 Å². The summed E-state index contributed by atoms with van der Waals surface area (Å²) in [6.45, 7) is 0.534. The zero-order chi connectivity index (χ0) is 12.4. The number of benzene rings is 1. The van der Waals surface area contributed by atoms with E-state index < -0.39 is 6.10 Å². The lowest BCUT2D eigenvalue weighted by Crippen LogP contribution is -2.33. The second-order valence-corrected chi connectivity index (χ2v) is 4.81. The quantitative estimate of drug-likeness (QED) is 0.864. The third-order valence-electron chi connectivity index (χ3n) is 3.52. The van der Waals surface area contributed by atoms with E-state index in [0.29, 0.717) is 18.3 Å². The van der Waals surface area contributed by atoms with Crippen LogP contribution in [-0.4, -0.2) is 17.7 Å². The van der Waals surface area contributed by atoms with Crippen LogP contribution in [-0.2, 0) is 12.8 Å². The number of aliphatic hydroxyl groups excluding tert-OH is 1. The number of furan rings is 1. The highest BCUT2D eigenvalue weighted by Crippen LogP contribution is 2.22. The van der Waals surface area contributed by atoms with Gasteiger partial charge in [0, 0.05) is 12.6 Å². The first-order chi connectivity index (χ1) is 8.83. The van der Waals surface area contributed by atoms with Crippen LogP contribution in [0.15, 0.2) is 47.1 Å². The average Bonchev–Trinajstić information content (AvgIpc) is 3.04. The van der Waals surface area contributed by atoms with Gasteiger partial charge in [0.05, 0.1) is 6.26 Å². The van der Waals surface area contributed by atoms with Crippen LogP contribution in [0.2, 0.25) is 0 Å². The molecule has 0 bridgehead atoms. The highest BCUT2D eigenvalue weighted by Gasteiger charge is 2.21. The average molecular weight is 243 g/mol. The van der Waals surface area contributed by atoms with E-state index >= 15 is 0 Å². The van der Waals surface area contributed by atoms with E-state index in [1.807, 2.05) is 0 Å². The molecule has 3 rings (SSSR count). The molecule has 1 aromatic carbocycles. The molecule has 2 N–H and O–H groups in total. The minimum atomic E-state index is -0.566. The molecule has 0 fully saturated rings. The summed E-state index contributed by atoms with van der Waals surface area (Å²) in [7, 11) is 0. The Morgan fingerprint density at radius 2 is 1.89 bits per heavy atom. The van der Waals surface area contributed by atoms with Gasteiger partial charge in [0.15, 0.2) is 0 Å². The summed E-state index contributed by atoms with van der Waals surface area (Å²) < 4.78 is 5.18. The number of nitrogens with one attached hydrogen (secondary N) is 1. The lowest BCUT2D eigenvalue weighted by molar-refractivity contribution is 0.143. The predicted octanol–water partition coefficient (Wildman–Crippen LogP) is 2.07. The van der Waals surface area contributed by atoms with Crippen LogP contribution < -0.4 is 5.32 Å². The van der Waals surface area contributed by atoms with Crippen molar-refractivity contribution < 1.29 is 9.52 Å². The smallest absolute Gasteiger partial charge is 0.133 e. The number of aliphatic hydroxyl groups is 1. The van der Waals surface area contributed by atoms with Gasteiger partial charge in [0.25, 0.3) is 0 Å². The molecule has 2 aromatic rings. The molecule has 1 unspecified atom stereocenters. The van der Waals surface area contributed by atoms with Gasteiger partial charge in [-0.1, -0.05) is 24.3 Å². The maximum Gasteiger partial charge on any atom is 0.133 e. The standard InChI is InChI=1S/C15H17NO2/c17-14(15-6-3-7-18-15)10-16-13-8-11-4-1-2-5-12(11)9-13/h1-7,13-14,16-17H,8-10H2. The van der Waals surface area contributed by atoms with E-state index in [4.69, 9.17) is 4.42 Å². The third kappa shape index (κ3) is 2.33. The molecule has 3 nitrogen and oxygen atoms in total. The molecule has 0 radical (unpaired) electrons. The van der Waals surface area contributed by atoms with Crippen LogP contribution in [0.5, 0.6) is 0 Å². The van der Waals surface area contributed by atoms with Gasteiger partial charge >= 0.3 is 0 Å². The van der Waals surface area contributed by atoms with E-state index in [2.05, 4.69) is 29.6 Å². The van der Waals surface area contributed by atoms with E-state index in [1.54, 1.807) is 18.4 Å². The Balaban J connectivity index is 1.54. The van der Waals surface area contributed by atoms with Gasteiger partial charge in [-0.3, -0.25) is 0 Å². The molecule has 0 spiro atoms. The van der Waals surface area contributed by atoms with Gasteiger partial charge in [0.2, 0.25) is 0 Å². The predicted molar refractivity (Wildman–Crippen MR) is 69.3 cm³/mol. The molecule has 1 aromatic heterocycles. The Hall–Kier alpha value is -1.58. The Labute approximate surface area is 106 Å². The SMILES string of the molecule is OC(CNC1Cc2ccccc2C1)c1ccco1. The second-order valence-electron chi connectivity index (χ2n) is 4.81. The normalized spacial score (nSPS) is 16.7. The van der Waals surface area contributed by atoms with Crippen molar-refractivity contribution in [3.05, 3.63) is 59.5 Å². The molecular weight excluding hydrogens is 226 g/mol. The van der Waals surface area contributed by atoms with Crippen LogP contribution in [0.3, 0.4) is 0 Å². The van der Waals surface area contributed by atoms with Crippen LogP contribution >= 0.6 is 0 Å². The fourth-order valence-electron chi connectivity index (χ4n) is 2.56. The van der Waals surface area contributed by atoms with Crippen molar-refractivity contribution in [1.82, 2.24) is 5.32 Å². The highest BCUT2D eigenvalue weighted by atomic mass is 16.4. The van der Waals surface area contributed by atoms with Crippen molar-refractivity contribution in [2.75, 3.05) is 6.54 Å². The van der Waals surface area contributed by atoms with Crippen LogP contribution in [0, 0.1) is 0 Å². The maximum absolute atomic E-state index is 9.93. The van der Waals surface area contributed by atoms with E-state index in [9.17, 15) is 5.11 Å². The monoisotopic (exact) mass is 243 g/mol. The number of rotatable bonds is 4. The fraction of sp³-hybridized carbons (Fsp3) is 0.333. The third-order valence-corrected chi connectivity index (χ3v) is 3.52. The summed E-state index contributed by atoms with van der Waals surface area (Å²) in [5.74, 6) is 0.623. The Kier molecular flexibility index (Phi) is 3.17. The van der Waals surface area contributed by atoms with Gasteiger partial charge in [-0.15, -0.1) is 0 Å². The summed E-state index contributed by atoms with van der Waals surface area (Å²) in [4.78, 5) is 0. The minimum Gasteiger partial charge on any atom is -0.467 e. The number of hydrogen-bond donors (Lipinski definition) is 2. The zero-order valence-corrected chi connectivity index (χ0v) is 10.2. The second kappa shape index (κ2) is 4.96. The van der Waals surface area contributed by atoms with Crippen molar-refractivity contribution in [3.63, 3.8) is 0 Å². The topological polar surface area (TPSA) is 45.4 Å². The van der Waals surface area contributed by atoms with Gasteiger partial charge in [-0.25, -0.2) is 0 Å². The molecule has 0 saturated heterocycles. The lowest BCUT2D eigenvalue weighted by Gasteiger charge is -2.14. The van der Waals surface area contributed by atoms with Crippen LogP contribution in [0.4, 0.5) is 0 Å². The molecular formula is C15H17NO2. The van der Waals surface area contributed by atoms with Gasteiger partial charge in [-0.2, -0.15) is 0 Å². The molecule has 94 valence electrons. The zero-order valence-electron chi connectivity index (χ0n) is 10.2. The van der Waals surface area contributed by atoms with Crippen molar-refractivity contribution in [3.8, 4) is 0 Å². The van der Waals surface area contributed by atoms with Crippen molar-refractivity contribution in [2.45, 2.75) is 25.0 Å². The summed E-state index contributed by atoms with van der Waals surface area (Å²) in [6.07, 6.45) is 3.11. The van der Waals surface area contributed by atoms with Crippen molar-refractivity contribution >= 4 is 0 Å². The molecule has 1 atom stereocenters. The summed E-state index contributed by atoms with van der Waals surface area (Å²) >= 11 is 0. The summed E-state index contributed by atoms with van der Waals surface area (Å²) in [5, 5.41) is 13.3. The first-order valence-electron chi connectivity index (χ1n) is 6.34. The Bertz CT molecular complexity index is 482. The Morgan fingerprint density at radius 3 is 2.50 bits per heavy atom. The number of hydrogen-bond acceptors (Lipinski definition) is 3. The molecule has 0 saturated carbocycles. The Morgan fingerprint density at radius 1 is 1.17 bits per heavy atom.